The zero-order valence-corrected chi connectivity index (χ0v) is 18.9. The Balaban J connectivity index is 1.10. The lowest BCUT2D eigenvalue weighted by Crippen LogP contribution is -2.29. The molecule has 0 spiro atoms. The molecule has 1 unspecified atom stereocenters. The van der Waals surface area contributed by atoms with Gasteiger partial charge in [0, 0.05) is 24.7 Å². The Kier molecular flexibility index (Phi) is 4.95. The largest absolute Gasteiger partial charge is 0.454 e. The summed E-state index contributed by atoms with van der Waals surface area (Å²) in [4.78, 5) is 53.1. The van der Waals surface area contributed by atoms with Gasteiger partial charge < -0.3 is 19.7 Å². The molecule has 1 N–H and O–H groups in total. The van der Waals surface area contributed by atoms with Crippen molar-refractivity contribution < 1.29 is 28.7 Å². The number of carbonyl (C=O) groups is 4. The molecular formula is C23H17N5O6S. The summed E-state index contributed by atoms with van der Waals surface area (Å²) in [6.07, 6.45) is 0.0565. The molecule has 35 heavy (non-hydrogen) atoms. The molecular weight excluding hydrogens is 474 g/mol. The number of aromatic nitrogens is 2. The third-order valence-corrected chi connectivity index (χ3v) is 6.86. The van der Waals surface area contributed by atoms with Crippen LogP contribution in [0.5, 0.6) is 11.5 Å². The molecule has 0 aliphatic carbocycles. The predicted octanol–water partition coefficient (Wildman–Crippen LogP) is 2.05. The first kappa shape index (κ1) is 21.2. The van der Waals surface area contributed by atoms with Gasteiger partial charge in [0.1, 0.15) is 5.01 Å². The Labute approximate surface area is 202 Å². The van der Waals surface area contributed by atoms with Crippen molar-refractivity contribution in [2.45, 2.75) is 13.0 Å². The van der Waals surface area contributed by atoms with E-state index in [0.717, 1.165) is 16.2 Å². The molecule has 4 heterocycles. The standard InChI is InChI=1S/C23H17N5O6S/c29-19-7-12(9-27(19)13-5-6-16-17(8-13)34-11-33-16)20(30)24-23-26-25-18(35-23)10-28-21(31)14-3-1-2-4-15(14)22(28)32/h1-6,8,12H,7,9-11H2,(H,24,26,30). The monoisotopic (exact) mass is 491 g/mol. The molecule has 6 rings (SSSR count). The number of imide groups is 1. The van der Waals surface area contributed by atoms with Gasteiger partial charge in [-0.1, -0.05) is 23.5 Å². The summed E-state index contributed by atoms with van der Waals surface area (Å²) in [5.74, 6) is -0.710. The maximum Gasteiger partial charge on any atom is 0.261 e. The highest BCUT2D eigenvalue weighted by Crippen LogP contribution is 2.37. The number of carbonyl (C=O) groups excluding carboxylic acids is 4. The van der Waals surface area contributed by atoms with Crippen molar-refractivity contribution in [1.82, 2.24) is 15.1 Å². The van der Waals surface area contributed by atoms with Crippen LogP contribution in [0, 0.1) is 5.92 Å². The van der Waals surface area contributed by atoms with Crippen LogP contribution in [0.3, 0.4) is 0 Å². The number of hydrogen-bond acceptors (Lipinski definition) is 9. The van der Waals surface area contributed by atoms with Crippen molar-refractivity contribution in [2.75, 3.05) is 23.6 Å². The average Bonchev–Trinajstić information content (AvgIpc) is 3.64. The number of benzene rings is 2. The van der Waals surface area contributed by atoms with Gasteiger partial charge in [-0.05, 0) is 24.3 Å². The lowest BCUT2D eigenvalue weighted by atomic mass is 10.1. The highest BCUT2D eigenvalue weighted by molar-refractivity contribution is 7.15. The maximum atomic E-state index is 12.8. The second-order valence-corrected chi connectivity index (χ2v) is 9.24. The number of fused-ring (bicyclic) bond motifs is 2. The Hall–Kier alpha value is -4.32. The van der Waals surface area contributed by atoms with E-state index in [1.807, 2.05) is 0 Å². The van der Waals surface area contributed by atoms with E-state index >= 15 is 0 Å². The van der Waals surface area contributed by atoms with E-state index < -0.39 is 5.92 Å². The second-order valence-electron chi connectivity index (χ2n) is 8.18. The molecule has 0 bridgehead atoms. The first-order valence-electron chi connectivity index (χ1n) is 10.8. The van der Waals surface area contributed by atoms with Gasteiger partial charge in [0.2, 0.25) is 23.7 Å². The van der Waals surface area contributed by atoms with E-state index in [1.54, 1.807) is 47.4 Å². The van der Waals surface area contributed by atoms with Gasteiger partial charge in [-0.25, -0.2) is 0 Å². The lowest BCUT2D eigenvalue weighted by Gasteiger charge is -2.17. The van der Waals surface area contributed by atoms with Crippen LogP contribution >= 0.6 is 11.3 Å². The predicted molar refractivity (Wildman–Crippen MR) is 122 cm³/mol. The third-order valence-electron chi connectivity index (χ3n) is 6.03. The minimum atomic E-state index is -0.573. The van der Waals surface area contributed by atoms with Gasteiger partial charge >= 0.3 is 0 Å². The first-order valence-corrected chi connectivity index (χ1v) is 11.6. The van der Waals surface area contributed by atoms with Crippen LogP contribution in [0.2, 0.25) is 0 Å². The lowest BCUT2D eigenvalue weighted by molar-refractivity contribution is -0.122. The number of ether oxygens (including phenoxy) is 2. The number of amides is 4. The molecule has 4 amide bonds. The average molecular weight is 491 g/mol. The fraction of sp³-hybridized carbons (Fsp3) is 0.217. The van der Waals surface area contributed by atoms with E-state index in [-0.39, 0.29) is 55.1 Å². The summed E-state index contributed by atoms with van der Waals surface area (Å²) < 4.78 is 10.7. The van der Waals surface area contributed by atoms with Crippen molar-refractivity contribution >= 4 is 45.8 Å². The zero-order valence-electron chi connectivity index (χ0n) is 18.1. The molecule has 12 heteroatoms. The van der Waals surface area contributed by atoms with E-state index in [1.165, 1.54) is 0 Å². The summed E-state index contributed by atoms with van der Waals surface area (Å²) in [6, 6.07) is 11.8. The summed E-state index contributed by atoms with van der Waals surface area (Å²) in [6.45, 7) is 0.305. The van der Waals surface area contributed by atoms with Crippen LogP contribution < -0.4 is 19.7 Å². The van der Waals surface area contributed by atoms with E-state index in [4.69, 9.17) is 9.47 Å². The summed E-state index contributed by atoms with van der Waals surface area (Å²) in [5.41, 5.74) is 1.34. The molecule has 3 aliphatic rings. The van der Waals surface area contributed by atoms with Crippen molar-refractivity contribution in [2.24, 2.45) is 5.92 Å². The van der Waals surface area contributed by atoms with Crippen LogP contribution in [-0.2, 0) is 16.1 Å². The topological polar surface area (TPSA) is 131 Å². The SMILES string of the molecule is O=C(Nc1nnc(CN2C(=O)c3ccccc3C2=O)s1)C1CC(=O)N(c2ccc3c(c2)OCO3)C1. The molecule has 1 fully saturated rings. The van der Waals surface area contributed by atoms with E-state index in [2.05, 4.69) is 15.5 Å². The smallest absolute Gasteiger partial charge is 0.261 e. The Bertz CT molecular complexity index is 1370. The molecule has 11 nitrogen and oxygen atoms in total. The molecule has 1 aromatic heterocycles. The quantitative estimate of drug-likeness (QED) is 0.537. The van der Waals surface area contributed by atoms with Gasteiger partial charge in [0.15, 0.2) is 11.5 Å². The van der Waals surface area contributed by atoms with Crippen LogP contribution in [-0.4, -0.2) is 52.1 Å². The zero-order chi connectivity index (χ0) is 24.1. The molecule has 0 radical (unpaired) electrons. The number of nitrogens with one attached hydrogen (secondary N) is 1. The van der Waals surface area contributed by atoms with Gasteiger partial charge in [-0.2, -0.15) is 0 Å². The maximum absolute atomic E-state index is 12.8. The molecule has 2 aromatic carbocycles. The molecule has 3 aromatic rings. The van der Waals surface area contributed by atoms with E-state index in [0.29, 0.717) is 33.3 Å². The van der Waals surface area contributed by atoms with Crippen molar-refractivity contribution in [1.29, 1.82) is 0 Å². The van der Waals surface area contributed by atoms with Gasteiger partial charge in [0.05, 0.1) is 23.6 Å². The number of hydrogen-bond donors (Lipinski definition) is 1. The van der Waals surface area contributed by atoms with Gasteiger partial charge in [-0.3, -0.25) is 24.1 Å². The molecule has 1 atom stereocenters. The van der Waals surface area contributed by atoms with Crippen LogP contribution in [0.25, 0.3) is 0 Å². The van der Waals surface area contributed by atoms with Crippen molar-refractivity contribution in [3.05, 3.63) is 58.6 Å². The van der Waals surface area contributed by atoms with Gasteiger partial charge in [0.25, 0.3) is 11.8 Å². The highest BCUT2D eigenvalue weighted by Gasteiger charge is 2.37. The van der Waals surface area contributed by atoms with Crippen LogP contribution in [0.4, 0.5) is 10.8 Å². The number of anilines is 2. The van der Waals surface area contributed by atoms with Crippen LogP contribution in [0.15, 0.2) is 42.5 Å². The minimum Gasteiger partial charge on any atom is -0.454 e. The van der Waals surface area contributed by atoms with Gasteiger partial charge in [-0.15, -0.1) is 10.2 Å². The minimum absolute atomic E-state index is 0.0420. The number of nitrogens with zero attached hydrogens (tertiary/aromatic N) is 4. The number of rotatable bonds is 5. The third kappa shape index (κ3) is 3.67. The van der Waals surface area contributed by atoms with Crippen molar-refractivity contribution in [3.63, 3.8) is 0 Å². The Morgan fingerprint density at radius 3 is 2.54 bits per heavy atom. The highest BCUT2D eigenvalue weighted by atomic mass is 32.1. The van der Waals surface area contributed by atoms with E-state index in [9.17, 15) is 19.2 Å². The molecule has 176 valence electrons. The Morgan fingerprint density at radius 1 is 1.03 bits per heavy atom. The fourth-order valence-electron chi connectivity index (χ4n) is 4.28. The Morgan fingerprint density at radius 2 is 1.77 bits per heavy atom. The second kappa shape index (κ2) is 8.17. The molecule has 1 saturated heterocycles. The fourth-order valence-corrected chi connectivity index (χ4v) is 5.01. The van der Waals surface area contributed by atoms with Crippen molar-refractivity contribution in [3.8, 4) is 11.5 Å². The molecule has 3 aliphatic heterocycles. The summed E-state index contributed by atoms with van der Waals surface area (Å²) >= 11 is 1.07. The van der Waals surface area contributed by atoms with Crippen LogP contribution in [0.1, 0.15) is 32.1 Å². The summed E-state index contributed by atoms with van der Waals surface area (Å²) in [5, 5.41) is 11.3. The first-order chi connectivity index (χ1) is 17.0. The summed E-state index contributed by atoms with van der Waals surface area (Å²) in [7, 11) is 0. The molecule has 0 saturated carbocycles. The normalized spacial score (nSPS) is 18.4.